The van der Waals surface area contributed by atoms with E-state index in [4.69, 9.17) is 26.9 Å². The second-order valence-electron chi connectivity index (χ2n) is 9.10. The minimum atomic E-state index is -4.43. The van der Waals surface area contributed by atoms with Gasteiger partial charge in [-0.15, -0.1) is 0 Å². The van der Waals surface area contributed by atoms with Crippen molar-refractivity contribution in [2.75, 3.05) is 19.8 Å². The van der Waals surface area contributed by atoms with Gasteiger partial charge in [0.05, 0.1) is 13.2 Å². The molecule has 1 atom stereocenters. The van der Waals surface area contributed by atoms with Crippen LogP contribution >= 0.6 is 7.82 Å². The van der Waals surface area contributed by atoms with Gasteiger partial charge in [0.15, 0.2) is 16.6 Å². The monoisotopic (exact) mass is 478 g/mol. The Kier molecular flexibility index (Phi) is 11.1. The van der Waals surface area contributed by atoms with Crippen molar-refractivity contribution in [1.29, 1.82) is 0 Å². The van der Waals surface area contributed by atoms with E-state index in [2.05, 4.69) is 63.4 Å². The van der Waals surface area contributed by atoms with E-state index < -0.39 is 41.6 Å². The summed E-state index contributed by atoms with van der Waals surface area (Å²) in [5.74, 6) is 0. The summed E-state index contributed by atoms with van der Waals surface area (Å²) in [6, 6.07) is 0.780. The molecule has 2 N–H and O–H groups in total. The number of phosphoric ester groups is 1. The number of hydrogen-bond acceptors (Lipinski definition) is 6. The van der Waals surface area contributed by atoms with Crippen LogP contribution < -0.4 is 0 Å². The molecule has 0 amide bonds. The zero-order valence-corrected chi connectivity index (χ0v) is 23.2. The quantitative estimate of drug-likeness (QED) is 0.219. The van der Waals surface area contributed by atoms with Gasteiger partial charge in [0, 0.05) is 6.61 Å². The zero-order chi connectivity index (χ0) is 21.6. The average Bonchev–Trinajstić information content (AvgIpc) is 2.29. The molecule has 0 saturated carbocycles. The molecule has 0 rings (SSSR count). The molecule has 0 aromatic heterocycles. The van der Waals surface area contributed by atoms with Crippen LogP contribution in [0.4, 0.5) is 0 Å². The van der Waals surface area contributed by atoms with Gasteiger partial charge in [-0.1, -0.05) is 0 Å². The lowest BCUT2D eigenvalue weighted by Crippen LogP contribution is -2.56. The fourth-order valence-electron chi connectivity index (χ4n) is 2.86. The van der Waals surface area contributed by atoms with Crippen LogP contribution in [0.25, 0.3) is 0 Å². The van der Waals surface area contributed by atoms with Crippen molar-refractivity contribution >= 4 is 41.6 Å². The highest BCUT2D eigenvalue weighted by molar-refractivity contribution is 7.46. The molecule has 0 bridgehead atoms. The van der Waals surface area contributed by atoms with Crippen molar-refractivity contribution in [2.45, 2.75) is 71.4 Å². The molecule has 27 heavy (non-hydrogen) atoms. The highest BCUT2D eigenvalue weighted by Crippen LogP contribution is 2.35. The van der Waals surface area contributed by atoms with Gasteiger partial charge in [0.25, 0.3) is 0 Å². The first-order chi connectivity index (χ1) is 11.8. The molecular weight excluding hydrogens is 439 g/mol. The van der Waals surface area contributed by atoms with Gasteiger partial charge >= 0.3 is 24.9 Å². The summed E-state index contributed by atoms with van der Waals surface area (Å²) in [4.78, 5) is 17.3. The topological polar surface area (TPSA) is 104 Å². The standard InChI is InChI=1S/C14H39O8PSi4/c1-24(2,3)20-26(7,8)22-27(9,21-25(4,5)6)14-10-11-18-12-13-19-23(15,16)17/h10-14H2,1-9H3,(H2,15,16,17). The molecule has 8 nitrogen and oxygen atoms in total. The first kappa shape index (κ1) is 27.8. The summed E-state index contributed by atoms with van der Waals surface area (Å²) in [6.07, 6.45) is 0.751. The Morgan fingerprint density at radius 3 is 1.70 bits per heavy atom. The zero-order valence-electron chi connectivity index (χ0n) is 18.3. The molecule has 0 aliphatic heterocycles. The second kappa shape index (κ2) is 10.7. The van der Waals surface area contributed by atoms with Crippen LogP contribution in [0.5, 0.6) is 0 Å². The predicted octanol–water partition coefficient (Wildman–Crippen LogP) is 4.00. The molecule has 13 heteroatoms. The van der Waals surface area contributed by atoms with Gasteiger partial charge in [0.1, 0.15) is 0 Å². The second-order valence-corrected chi connectivity index (χ2v) is 26.8. The third-order valence-electron chi connectivity index (χ3n) is 2.94. The first-order valence-corrected chi connectivity index (χ1v) is 22.9. The van der Waals surface area contributed by atoms with E-state index in [1.165, 1.54) is 0 Å². The van der Waals surface area contributed by atoms with Crippen molar-refractivity contribution in [3.8, 4) is 0 Å². The maximum absolute atomic E-state index is 10.6. The van der Waals surface area contributed by atoms with Crippen LogP contribution in [0, 0.1) is 0 Å². The SMILES string of the molecule is C[Si](C)(C)O[Si](C)(C)O[Si](C)(CCCOCCOP(=O)(O)O)O[Si](C)(C)C. The molecule has 0 spiro atoms. The lowest BCUT2D eigenvalue weighted by Gasteiger charge is -2.41. The van der Waals surface area contributed by atoms with E-state index in [-0.39, 0.29) is 13.2 Å². The lowest BCUT2D eigenvalue weighted by atomic mass is 10.5. The average molecular weight is 479 g/mol. The van der Waals surface area contributed by atoms with Crippen molar-refractivity contribution in [3.63, 3.8) is 0 Å². The Balaban J connectivity index is 4.65. The molecule has 0 aliphatic carbocycles. The van der Waals surface area contributed by atoms with E-state index in [1.807, 2.05) is 0 Å². The number of ether oxygens (including phenoxy) is 1. The van der Waals surface area contributed by atoms with Crippen molar-refractivity contribution < 1.29 is 36.0 Å². The molecule has 0 heterocycles. The van der Waals surface area contributed by atoms with Gasteiger partial charge in [-0.05, 0) is 71.4 Å². The van der Waals surface area contributed by atoms with E-state index in [0.29, 0.717) is 6.61 Å². The fourth-order valence-corrected chi connectivity index (χ4v) is 21.1. The van der Waals surface area contributed by atoms with Crippen LogP contribution in [-0.2, 0) is 26.2 Å². The molecule has 0 fully saturated rings. The Morgan fingerprint density at radius 2 is 1.26 bits per heavy atom. The van der Waals surface area contributed by atoms with Crippen molar-refractivity contribution in [1.82, 2.24) is 0 Å². The van der Waals surface area contributed by atoms with Crippen LogP contribution in [0.1, 0.15) is 6.42 Å². The summed E-state index contributed by atoms with van der Waals surface area (Å²) in [5, 5.41) is 0. The summed E-state index contributed by atoms with van der Waals surface area (Å²) in [5.41, 5.74) is 0. The maximum atomic E-state index is 10.6. The predicted molar refractivity (Wildman–Crippen MR) is 117 cm³/mol. The maximum Gasteiger partial charge on any atom is 0.469 e. The van der Waals surface area contributed by atoms with Crippen LogP contribution in [0.3, 0.4) is 0 Å². The Labute approximate surface area is 168 Å². The third kappa shape index (κ3) is 17.4. The number of hydrogen-bond donors (Lipinski definition) is 2. The highest BCUT2D eigenvalue weighted by atomic mass is 31.2. The normalized spacial score (nSPS) is 16.4. The van der Waals surface area contributed by atoms with Crippen molar-refractivity contribution in [3.05, 3.63) is 0 Å². The fraction of sp³-hybridized carbons (Fsp3) is 1.00. The van der Waals surface area contributed by atoms with Gasteiger partial charge < -0.3 is 26.9 Å². The minimum absolute atomic E-state index is 0.134. The number of phosphoric acid groups is 1. The molecule has 1 unspecified atom stereocenters. The molecule has 0 aliphatic rings. The molecule has 0 aromatic rings. The Bertz CT molecular complexity index is 488. The molecule has 164 valence electrons. The first-order valence-electron chi connectivity index (χ1n) is 9.21. The summed E-state index contributed by atoms with van der Waals surface area (Å²) >= 11 is 0. The van der Waals surface area contributed by atoms with Gasteiger partial charge in [0.2, 0.25) is 0 Å². The van der Waals surface area contributed by atoms with E-state index in [9.17, 15) is 4.57 Å². The lowest BCUT2D eigenvalue weighted by molar-refractivity contribution is 0.0852. The van der Waals surface area contributed by atoms with Gasteiger partial charge in [-0.3, -0.25) is 4.52 Å². The largest absolute Gasteiger partial charge is 0.469 e. The summed E-state index contributed by atoms with van der Waals surface area (Å²) in [7, 11) is -12.7. The van der Waals surface area contributed by atoms with Crippen LogP contribution in [0.15, 0.2) is 0 Å². The summed E-state index contributed by atoms with van der Waals surface area (Å²) < 4.78 is 39.8. The molecule has 0 aromatic carbocycles. The minimum Gasteiger partial charge on any atom is -0.437 e. The molecule has 0 saturated heterocycles. The van der Waals surface area contributed by atoms with E-state index in [0.717, 1.165) is 12.5 Å². The molecule has 0 radical (unpaired) electrons. The van der Waals surface area contributed by atoms with E-state index in [1.54, 1.807) is 0 Å². The Morgan fingerprint density at radius 1 is 0.741 bits per heavy atom. The van der Waals surface area contributed by atoms with Crippen LogP contribution in [0.2, 0.25) is 65.0 Å². The van der Waals surface area contributed by atoms with Crippen molar-refractivity contribution in [2.24, 2.45) is 0 Å². The third-order valence-corrected chi connectivity index (χ3v) is 17.0. The van der Waals surface area contributed by atoms with Gasteiger partial charge in [-0.25, -0.2) is 4.57 Å². The Hall–Kier alpha value is 0.818. The smallest absolute Gasteiger partial charge is 0.437 e. The van der Waals surface area contributed by atoms with Gasteiger partial charge in [-0.2, -0.15) is 0 Å². The molecular formula is C14H39O8PSi4. The van der Waals surface area contributed by atoms with Crippen LogP contribution in [-0.4, -0.2) is 63.4 Å². The highest BCUT2D eigenvalue weighted by Gasteiger charge is 2.44. The van der Waals surface area contributed by atoms with E-state index >= 15 is 0 Å². The summed E-state index contributed by atoms with van der Waals surface area (Å²) in [6.45, 7) is 19.7. The number of rotatable bonds is 14.